The quantitative estimate of drug-likeness (QED) is 0.337. The molecule has 126 valence electrons. The SMILES string of the molecule is CCCCCC(O)CCCCCCCCCCCC(=O)[O-].[K+]. The predicted octanol–water partition coefficient (Wildman–Crippen LogP) is 0.973. The van der Waals surface area contributed by atoms with Gasteiger partial charge in [-0.15, -0.1) is 0 Å². The number of carboxylic acids is 1. The Labute approximate surface area is 180 Å². The van der Waals surface area contributed by atoms with Crippen LogP contribution in [0.25, 0.3) is 0 Å². The molecule has 4 heteroatoms. The molecule has 0 aromatic rings. The van der Waals surface area contributed by atoms with E-state index in [9.17, 15) is 15.0 Å². The van der Waals surface area contributed by atoms with E-state index < -0.39 is 5.97 Å². The molecule has 0 rings (SSSR count). The van der Waals surface area contributed by atoms with Crippen LogP contribution in [-0.2, 0) is 4.79 Å². The molecule has 0 aromatic carbocycles. The number of carbonyl (C=O) groups excluding carboxylic acids is 1. The van der Waals surface area contributed by atoms with Gasteiger partial charge in [0.2, 0.25) is 0 Å². The van der Waals surface area contributed by atoms with Crippen LogP contribution in [0.15, 0.2) is 0 Å². The Morgan fingerprint density at radius 1 is 0.818 bits per heavy atom. The first-order valence-electron chi connectivity index (χ1n) is 9.04. The Hall–Kier alpha value is 1.07. The van der Waals surface area contributed by atoms with Crippen molar-refractivity contribution in [2.75, 3.05) is 0 Å². The molecule has 0 spiro atoms. The number of hydrogen-bond acceptors (Lipinski definition) is 3. The summed E-state index contributed by atoms with van der Waals surface area (Å²) < 4.78 is 0. The third kappa shape index (κ3) is 21.1. The maximum atomic E-state index is 10.2. The zero-order chi connectivity index (χ0) is 15.8. The maximum absolute atomic E-state index is 10.2. The van der Waals surface area contributed by atoms with Gasteiger partial charge in [-0.1, -0.05) is 77.6 Å². The molecule has 0 radical (unpaired) electrons. The van der Waals surface area contributed by atoms with Crippen LogP contribution < -0.4 is 56.5 Å². The van der Waals surface area contributed by atoms with Crippen LogP contribution >= 0.6 is 0 Å². The number of unbranched alkanes of at least 4 members (excludes halogenated alkanes) is 10. The largest absolute Gasteiger partial charge is 1.00 e. The van der Waals surface area contributed by atoms with Gasteiger partial charge in [-0.25, -0.2) is 0 Å². The molecule has 0 aromatic heterocycles. The van der Waals surface area contributed by atoms with Gasteiger partial charge >= 0.3 is 51.4 Å². The van der Waals surface area contributed by atoms with Crippen LogP contribution in [0.2, 0.25) is 0 Å². The van der Waals surface area contributed by atoms with Gasteiger partial charge in [0, 0.05) is 5.97 Å². The summed E-state index contributed by atoms with van der Waals surface area (Å²) in [4.78, 5) is 10.2. The predicted molar refractivity (Wildman–Crippen MR) is 85.9 cm³/mol. The number of carboxylic acid groups (broad SMARTS) is 1. The van der Waals surface area contributed by atoms with Gasteiger partial charge in [0.15, 0.2) is 0 Å². The molecule has 0 heterocycles. The number of hydrogen-bond donors (Lipinski definition) is 1. The van der Waals surface area contributed by atoms with Crippen LogP contribution in [0, 0.1) is 0 Å². The zero-order valence-electron chi connectivity index (χ0n) is 14.9. The van der Waals surface area contributed by atoms with Gasteiger partial charge in [-0.05, 0) is 25.7 Å². The smallest absolute Gasteiger partial charge is 0.550 e. The van der Waals surface area contributed by atoms with Crippen molar-refractivity contribution in [1.82, 2.24) is 0 Å². The van der Waals surface area contributed by atoms with Crippen molar-refractivity contribution >= 4 is 5.97 Å². The molecule has 0 saturated heterocycles. The van der Waals surface area contributed by atoms with Crippen LogP contribution in [0.1, 0.15) is 103 Å². The molecule has 0 aliphatic heterocycles. The molecule has 0 bridgehead atoms. The third-order valence-corrected chi connectivity index (χ3v) is 4.06. The second kappa shape index (κ2) is 20.1. The molecule has 0 amide bonds. The van der Waals surface area contributed by atoms with E-state index >= 15 is 0 Å². The Morgan fingerprint density at radius 3 is 1.68 bits per heavy atom. The molecular formula is C18H35KO3. The summed E-state index contributed by atoms with van der Waals surface area (Å²) in [6.07, 6.45) is 16.0. The fraction of sp³-hybridized carbons (Fsp3) is 0.944. The summed E-state index contributed by atoms with van der Waals surface area (Å²) in [5, 5.41) is 20.0. The summed E-state index contributed by atoms with van der Waals surface area (Å²) >= 11 is 0. The number of aliphatic hydroxyl groups is 1. The Bertz CT molecular complexity index is 234. The van der Waals surface area contributed by atoms with Crippen molar-refractivity contribution in [2.45, 2.75) is 109 Å². The minimum absolute atomic E-state index is 0. The number of aliphatic hydroxyl groups excluding tert-OH is 1. The topological polar surface area (TPSA) is 60.4 Å². The van der Waals surface area contributed by atoms with Crippen molar-refractivity contribution in [3.63, 3.8) is 0 Å². The van der Waals surface area contributed by atoms with Crippen LogP contribution in [0.3, 0.4) is 0 Å². The summed E-state index contributed by atoms with van der Waals surface area (Å²) in [5.41, 5.74) is 0. The molecule has 3 nitrogen and oxygen atoms in total. The molecule has 0 aliphatic rings. The Kier molecular flexibility index (Phi) is 23.1. The number of carbonyl (C=O) groups is 1. The Balaban J connectivity index is 0. The molecule has 0 fully saturated rings. The van der Waals surface area contributed by atoms with E-state index in [0.29, 0.717) is 0 Å². The van der Waals surface area contributed by atoms with Crippen molar-refractivity contribution in [3.05, 3.63) is 0 Å². The maximum Gasteiger partial charge on any atom is 1.00 e. The fourth-order valence-corrected chi connectivity index (χ4v) is 2.66. The first-order chi connectivity index (χ1) is 10.2. The molecule has 1 unspecified atom stereocenters. The average Bonchev–Trinajstić information content (AvgIpc) is 2.44. The van der Waals surface area contributed by atoms with E-state index in [-0.39, 0.29) is 63.9 Å². The molecule has 0 saturated carbocycles. The summed E-state index contributed by atoms with van der Waals surface area (Å²) in [7, 11) is 0. The molecule has 1 N–H and O–H groups in total. The van der Waals surface area contributed by atoms with E-state index in [1.807, 2.05) is 0 Å². The molecule has 22 heavy (non-hydrogen) atoms. The normalized spacial score (nSPS) is 11.9. The van der Waals surface area contributed by atoms with Crippen LogP contribution in [0.4, 0.5) is 0 Å². The Morgan fingerprint density at radius 2 is 1.23 bits per heavy atom. The van der Waals surface area contributed by atoms with Gasteiger partial charge in [0.05, 0.1) is 6.10 Å². The van der Waals surface area contributed by atoms with E-state index in [0.717, 1.165) is 44.9 Å². The van der Waals surface area contributed by atoms with Gasteiger partial charge in [0.25, 0.3) is 0 Å². The van der Waals surface area contributed by atoms with Crippen molar-refractivity contribution in [2.24, 2.45) is 0 Å². The van der Waals surface area contributed by atoms with Crippen LogP contribution in [-0.4, -0.2) is 17.2 Å². The summed E-state index contributed by atoms with van der Waals surface area (Å²) in [6.45, 7) is 2.19. The standard InChI is InChI=1S/C18H36O3.K/c1-2-3-11-14-17(19)15-12-9-7-5-4-6-8-10-13-16-18(20)21;/h17,19H,2-16H2,1H3,(H,20,21);/q;+1/p-1. The first kappa shape index (κ1) is 25.3. The minimum atomic E-state index is -0.924. The van der Waals surface area contributed by atoms with E-state index in [1.54, 1.807) is 0 Å². The fourth-order valence-electron chi connectivity index (χ4n) is 2.66. The second-order valence-electron chi connectivity index (χ2n) is 6.24. The van der Waals surface area contributed by atoms with Gasteiger partial charge in [0.1, 0.15) is 0 Å². The number of rotatable bonds is 16. The van der Waals surface area contributed by atoms with Crippen molar-refractivity contribution in [3.8, 4) is 0 Å². The van der Waals surface area contributed by atoms with Crippen molar-refractivity contribution in [1.29, 1.82) is 0 Å². The monoisotopic (exact) mass is 338 g/mol. The molecule has 0 aliphatic carbocycles. The van der Waals surface area contributed by atoms with Gasteiger partial charge in [-0.3, -0.25) is 0 Å². The molecule has 1 atom stereocenters. The van der Waals surface area contributed by atoms with Crippen molar-refractivity contribution < 1.29 is 66.4 Å². The average molecular weight is 339 g/mol. The summed E-state index contributed by atoms with van der Waals surface area (Å²) in [6, 6.07) is 0. The van der Waals surface area contributed by atoms with Gasteiger partial charge < -0.3 is 15.0 Å². The van der Waals surface area contributed by atoms with Gasteiger partial charge in [-0.2, -0.15) is 0 Å². The summed E-state index contributed by atoms with van der Waals surface area (Å²) in [5.74, 6) is -0.924. The third-order valence-electron chi connectivity index (χ3n) is 4.06. The number of aliphatic carboxylic acids is 1. The van der Waals surface area contributed by atoms with Crippen LogP contribution in [0.5, 0.6) is 0 Å². The molecular weight excluding hydrogens is 303 g/mol. The minimum Gasteiger partial charge on any atom is -0.550 e. The first-order valence-corrected chi connectivity index (χ1v) is 9.04. The van der Waals surface area contributed by atoms with E-state index in [2.05, 4.69) is 6.92 Å². The van der Waals surface area contributed by atoms with E-state index in [1.165, 1.54) is 44.9 Å². The van der Waals surface area contributed by atoms with E-state index in [4.69, 9.17) is 0 Å². The zero-order valence-corrected chi connectivity index (χ0v) is 18.1. The second-order valence-corrected chi connectivity index (χ2v) is 6.24.